The summed E-state index contributed by atoms with van der Waals surface area (Å²) in [4.78, 5) is 10.7. The van der Waals surface area contributed by atoms with Crippen LogP contribution in [0.4, 0.5) is 5.69 Å². The van der Waals surface area contributed by atoms with Crippen molar-refractivity contribution in [1.29, 1.82) is 0 Å². The van der Waals surface area contributed by atoms with Crippen molar-refractivity contribution in [1.82, 2.24) is 5.32 Å². The van der Waals surface area contributed by atoms with E-state index in [0.29, 0.717) is 11.8 Å². The fourth-order valence-electron chi connectivity index (χ4n) is 2.38. The molecule has 0 spiro atoms. The number of hydrogen-bond acceptors (Lipinski definition) is 4. The van der Waals surface area contributed by atoms with E-state index in [0.717, 1.165) is 31.4 Å². The molecule has 1 atom stereocenters. The summed E-state index contributed by atoms with van der Waals surface area (Å²) in [5, 5.41) is 14.5. The van der Waals surface area contributed by atoms with Gasteiger partial charge < -0.3 is 10.1 Å². The molecule has 0 aliphatic heterocycles. The first-order valence-corrected chi connectivity index (χ1v) is 7.65. The lowest BCUT2D eigenvalue weighted by molar-refractivity contribution is -0.386. The van der Waals surface area contributed by atoms with Crippen LogP contribution >= 0.6 is 0 Å². The predicted molar refractivity (Wildman–Crippen MR) is 84.9 cm³/mol. The third-order valence-electron chi connectivity index (χ3n) is 3.20. The van der Waals surface area contributed by atoms with Gasteiger partial charge in [0.1, 0.15) is 0 Å². The molecular formula is C16H26N2O3. The molecule has 0 fully saturated rings. The second kappa shape index (κ2) is 8.62. The number of hydrogen-bond donors (Lipinski definition) is 1. The van der Waals surface area contributed by atoms with Gasteiger partial charge in [0.2, 0.25) is 0 Å². The SMILES string of the molecule is CCCC(Cc1ccc([N+](=O)[O-])c(OC(C)C)c1)NCC. The third-order valence-corrected chi connectivity index (χ3v) is 3.20. The molecule has 0 radical (unpaired) electrons. The number of nitrogens with zero attached hydrogens (tertiary/aromatic N) is 1. The maximum atomic E-state index is 11.1. The summed E-state index contributed by atoms with van der Waals surface area (Å²) in [5.41, 5.74) is 1.10. The van der Waals surface area contributed by atoms with Crippen LogP contribution < -0.4 is 10.1 Å². The number of nitrogens with one attached hydrogen (secondary N) is 1. The monoisotopic (exact) mass is 294 g/mol. The van der Waals surface area contributed by atoms with Crippen LogP contribution in [-0.2, 0) is 6.42 Å². The molecule has 5 nitrogen and oxygen atoms in total. The molecule has 1 aromatic carbocycles. The van der Waals surface area contributed by atoms with Crippen molar-refractivity contribution in [3.63, 3.8) is 0 Å². The van der Waals surface area contributed by atoms with Crippen LogP contribution in [0.25, 0.3) is 0 Å². The van der Waals surface area contributed by atoms with E-state index in [4.69, 9.17) is 4.74 Å². The van der Waals surface area contributed by atoms with E-state index in [1.54, 1.807) is 12.1 Å². The van der Waals surface area contributed by atoms with Crippen LogP contribution in [0.1, 0.15) is 46.1 Å². The molecule has 118 valence electrons. The van der Waals surface area contributed by atoms with Gasteiger partial charge in [-0.15, -0.1) is 0 Å². The molecule has 1 aromatic rings. The largest absolute Gasteiger partial charge is 0.484 e. The van der Waals surface area contributed by atoms with Crippen LogP contribution in [0.2, 0.25) is 0 Å². The number of nitro groups is 1. The van der Waals surface area contributed by atoms with Gasteiger partial charge in [-0.1, -0.05) is 26.3 Å². The van der Waals surface area contributed by atoms with Gasteiger partial charge in [0.25, 0.3) is 0 Å². The molecule has 0 aromatic heterocycles. The molecule has 0 saturated heterocycles. The number of nitro benzene ring substituents is 1. The highest BCUT2D eigenvalue weighted by atomic mass is 16.6. The molecule has 5 heteroatoms. The Morgan fingerprint density at radius 3 is 2.57 bits per heavy atom. The lowest BCUT2D eigenvalue weighted by atomic mass is 10.0. The average Bonchev–Trinajstić information content (AvgIpc) is 2.38. The highest BCUT2D eigenvalue weighted by molar-refractivity contribution is 5.48. The van der Waals surface area contributed by atoms with Crippen molar-refractivity contribution in [2.24, 2.45) is 0 Å². The molecule has 1 N–H and O–H groups in total. The van der Waals surface area contributed by atoms with Crippen molar-refractivity contribution in [2.45, 2.75) is 59.1 Å². The molecule has 0 heterocycles. The Morgan fingerprint density at radius 2 is 2.05 bits per heavy atom. The van der Waals surface area contributed by atoms with Crippen molar-refractivity contribution in [2.75, 3.05) is 6.54 Å². The van der Waals surface area contributed by atoms with Crippen LogP contribution in [0.15, 0.2) is 18.2 Å². The first-order valence-electron chi connectivity index (χ1n) is 7.65. The molecule has 0 amide bonds. The topological polar surface area (TPSA) is 64.4 Å². The average molecular weight is 294 g/mol. The molecule has 1 unspecified atom stereocenters. The number of likely N-dealkylation sites (N-methyl/N-ethyl adjacent to an activating group) is 1. The number of rotatable bonds is 9. The zero-order valence-electron chi connectivity index (χ0n) is 13.4. The molecule has 0 aliphatic carbocycles. The van der Waals surface area contributed by atoms with E-state index in [2.05, 4.69) is 19.2 Å². The quantitative estimate of drug-likeness (QED) is 0.557. The minimum Gasteiger partial charge on any atom is -0.484 e. The van der Waals surface area contributed by atoms with Crippen molar-refractivity contribution >= 4 is 5.69 Å². The summed E-state index contributed by atoms with van der Waals surface area (Å²) in [6, 6.07) is 5.57. The first kappa shape index (κ1) is 17.4. The summed E-state index contributed by atoms with van der Waals surface area (Å²) in [5.74, 6) is 0.360. The second-order valence-corrected chi connectivity index (χ2v) is 5.47. The maximum absolute atomic E-state index is 11.1. The highest BCUT2D eigenvalue weighted by Crippen LogP contribution is 2.29. The summed E-state index contributed by atoms with van der Waals surface area (Å²) >= 11 is 0. The van der Waals surface area contributed by atoms with Gasteiger partial charge >= 0.3 is 5.69 Å². The van der Waals surface area contributed by atoms with Crippen LogP contribution in [-0.4, -0.2) is 23.6 Å². The number of benzene rings is 1. The Balaban J connectivity index is 2.95. The minimum atomic E-state index is -0.394. The Bertz CT molecular complexity index is 455. The smallest absolute Gasteiger partial charge is 0.310 e. The van der Waals surface area contributed by atoms with Gasteiger partial charge in [0.05, 0.1) is 11.0 Å². The van der Waals surface area contributed by atoms with Crippen molar-refractivity contribution in [3.05, 3.63) is 33.9 Å². The molecule has 1 rings (SSSR count). The molecular weight excluding hydrogens is 268 g/mol. The lowest BCUT2D eigenvalue weighted by Crippen LogP contribution is -2.30. The Morgan fingerprint density at radius 1 is 1.33 bits per heavy atom. The van der Waals surface area contributed by atoms with Gasteiger partial charge in [0.15, 0.2) is 5.75 Å². The summed E-state index contributed by atoms with van der Waals surface area (Å²) in [6.45, 7) is 8.91. The Labute approximate surface area is 126 Å². The normalized spacial score (nSPS) is 12.4. The van der Waals surface area contributed by atoms with Gasteiger partial charge in [-0.05, 0) is 44.9 Å². The van der Waals surface area contributed by atoms with Crippen LogP contribution in [0, 0.1) is 10.1 Å². The van der Waals surface area contributed by atoms with E-state index < -0.39 is 4.92 Å². The summed E-state index contributed by atoms with van der Waals surface area (Å²) in [6.07, 6.45) is 2.97. The maximum Gasteiger partial charge on any atom is 0.310 e. The standard InChI is InChI=1S/C16H26N2O3/c1-5-7-14(17-6-2)10-13-8-9-15(18(19)20)16(11-13)21-12(3)4/h8-9,11-12,14,17H,5-7,10H2,1-4H3. The van der Waals surface area contributed by atoms with Gasteiger partial charge in [-0.2, -0.15) is 0 Å². The Kier molecular flexibility index (Phi) is 7.15. The van der Waals surface area contributed by atoms with E-state index in [-0.39, 0.29) is 11.8 Å². The van der Waals surface area contributed by atoms with Gasteiger partial charge in [-0.25, -0.2) is 0 Å². The minimum absolute atomic E-state index is 0.0305. The molecule has 0 aliphatic rings. The van der Waals surface area contributed by atoms with Gasteiger partial charge in [-0.3, -0.25) is 10.1 Å². The first-order chi connectivity index (χ1) is 9.97. The van der Waals surface area contributed by atoms with E-state index in [1.807, 2.05) is 19.9 Å². The third kappa shape index (κ3) is 5.71. The summed E-state index contributed by atoms with van der Waals surface area (Å²) in [7, 11) is 0. The Hall–Kier alpha value is -1.62. The van der Waals surface area contributed by atoms with E-state index >= 15 is 0 Å². The fraction of sp³-hybridized carbons (Fsp3) is 0.625. The molecule has 0 saturated carbocycles. The van der Waals surface area contributed by atoms with Crippen molar-refractivity contribution < 1.29 is 9.66 Å². The van der Waals surface area contributed by atoms with Crippen molar-refractivity contribution in [3.8, 4) is 5.75 Å². The van der Waals surface area contributed by atoms with Crippen LogP contribution in [0.5, 0.6) is 5.75 Å². The summed E-state index contributed by atoms with van der Waals surface area (Å²) < 4.78 is 5.59. The highest BCUT2D eigenvalue weighted by Gasteiger charge is 2.18. The van der Waals surface area contributed by atoms with Crippen LogP contribution in [0.3, 0.4) is 0 Å². The van der Waals surface area contributed by atoms with E-state index in [1.165, 1.54) is 0 Å². The molecule has 21 heavy (non-hydrogen) atoms. The zero-order chi connectivity index (χ0) is 15.8. The van der Waals surface area contributed by atoms with E-state index in [9.17, 15) is 10.1 Å². The fourth-order valence-corrected chi connectivity index (χ4v) is 2.38. The molecule has 0 bridgehead atoms. The lowest BCUT2D eigenvalue weighted by Gasteiger charge is -2.18. The van der Waals surface area contributed by atoms with Gasteiger partial charge in [0, 0.05) is 12.1 Å². The predicted octanol–water partition coefficient (Wildman–Crippen LogP) is 3.70. The second-order valence-electron chi connectivity index (χ2n) is 5.47. The number of ether oxygens (including phenoxy) is 1. The zero-order valence-corrected chi connectivity index (χ0v) is 13.4.